The predicted octanol–water partition coefficient (Wildman–Crippen LogP) is 4.93. The molecule has 5 rings (SSSR count). The Balaban J connectivity index is 1.26. The van der Waals surface area contributed by atoms with Crippen LogP contribution < -0.4 is 16.0 Å². The molecule has 0 unspecified atom stereocenters. The number of fused-ring (bicyclic) bond motifs is 1. The lowest BCUT2D eigenvalue weighted by molar-refractivity contribution is 0.0966. The summed E-state index contributed by atoms with van der Waals surface area (Å²) < 4.78 is 0. The molecular formula is C28H29ClN4O2. The normalized spacial score (nSPS) is 15.1. The molecule has 0 bridgehead atoms. The van der Waals surface area contributed by atoms with Gasteiger partial charge in [-0.1, -0.05) is 35.9 Å². The smallest absolute Gasteiger partial charge is 0.255 e. The molecule has 2 aliphatic heterocycles. The van der Waals surface area contributed by atoms with Gasteiger partial charge in [0.25, 0.3) is 11.8 Å². The van der Waals surface area contributed by atoms with Gasteiger partial charge in [-0.15, -0.1) is 0 Å². The number of anilines is 2. The number of hydrogen-bond donors (Lipinski definition) is 3. The van der Waals surface area contributed by atoms with Crippen LogP contribution in [0.5, 0.6) is 0 Å². The zero-order valence-electron chi connectivity index (χ0n) is 19.6. The van der Waals surface area contributed by atoms with E-state index in [9.17, 15) is 9.59 Å². The largest absolute Gasteiger partial charge is 0.384 e. The Kier molecular flexibility index (Phi) is 7.02. The van der Waals surface area contributed by atoms with Gasteiger partial charge in [0, 0.05) is 35.9 Å². The number of nitrogens with zero attached hydrogens (tertiary/aromatic N) is 1. The quantitative estimate of drug-likeness (QED) is 0.420. The summed E-state index contributed by atoms with van der Waals surface area (Å²) in [6.07, 6.45) is 3.20. The molecule has 2 aliphatic rings. The van der Waals surface area contributed by atoms with Gasteiger partial charge in [-0.2, -0.15) is 0 Å². The standard InChI is InChI=1S/C28H29ClN4O2/c29-24-6-2-1-5-21(24)17-20-9-12-25(26-23(20)18-31-28(26)35)32-27(34)19-7-10-22(11-8-19)30-13-16-33-14-3-4-15-33/h1-2,5-12,30H,3-4,13-18H2,(H,31,35)(H,32,34). The van der Waals surface area contributed by atoms with Gasteiger partial charge in [0.2, 0.25) is 0 Å². The number of hydrogen-bond acceptors (Lipinski definition) is 4. The van der Waals surface area contributed by atoms with E-state index in [4.69, 9.17) is 11.6 Å². The van der Waals surface area contributed by atoms with Crippen LogP contribution in [0.4, 0.5) is 11.4 Å². The van der Waals surface area contributed by atoms with Gasteiger partial charge in [-0.05, 0) is 85.4 Å². The predicted molar refractivity (Wildman–Crippen MR) is 140 cm³/mol. The monoisotopic (exact) mass is 488 g/mol. The van der Waals surface area contributed by atoms with Crippen LogP contribution in [0.15, 0.2) is 60.7 Å². The minimum atomic E-state index is -0.241. The molecule has 2 amide bonds. The Morgan fingerprint density at radius 2 is 1.74 bits per heavy atom. The summed E-state index contributed by atoms with van der Waals surface area (Å²) >= 11 is 6.34. The van der Waals surface area contributed by atoms with Crippen LogP contribution in [0.25, 0.3) is 0 Å². The lowest BCUT2D eigenvalue weighted by atomic mass is 9.95. The molecule has 0 atom stereocenters. The molecule has 3 aromatic carbocycles. The fourth-order valence-electron chi connectivity index (χ4n) is 4.82. The number of likely N-dealkylation sites (tertiary alicyclic amines) is 1. The van der Waals surface area contributed by atoms with Crippen molar-refractivity contribution in [3.63, 3.8) is 0 Å². The van der Waals surface area contributed by atoms with Crippen molar-refractivity contribution in [1.29, 1.82) is 0 Å². The minimum absolute atomic E-state index is 0.172. The zero-order chi connectivity index (χ0) is 24.2. The molecule has 0 aromatic heterocycles. The summed E-state index contributed by atoms with van der Waals surface area (Å²) in [4.78, 5) is 28.0. The molecule has 0 saturated carbocycles. The maximum atomic E-state index is 13.0. The van der Waals surface area contributed by atoms with Crippen molar-refractivity contribution >= 4 is 34.8 Å². The fourth-order valence-corrected chi connectivity index (χ4v) is 5.03. The highest BCUT2D eigenvalue weighted by Gasteiger charge is 2.26. The van der Waals surface area contributed by atoms with Gasteiger partial charge in [-0.3, -0.25) is 9.59 Å². The third-order valence-corrected chi connectivity index (χ3v) is 7.12. The second-order valence-corrected chi connectivity index (χ2v) is 9.49. The molecule has 35 heavy (non-hydrogen) atoms. The average Bonchev–Trinajstić information content (AvgIpc) is 3.53. The molecule has 2 heterocycles. The molecule has 180 valence electrons. The number of halogens is 1. The summed E-state index contributed by atoms with van der Waals surface area (Å²) in [5.74, 6) is -0.414. The van der Waals surface area contributed by atoms with Crippen molar-refractivity contribution in [2.45, 2.75) is 25.8 Å². The Bertz CT molecular complexity index is 1240. The highest BCUT2D eigenvalue weighted by Crippen LogP contribution is 2.31. The molecule has 0 radical (unpaired) electrons. The number of nitrogens with one attached hydrogen (secondary N) is 3. The SMILES string of the molecule is O=C(Nc1ccc(Cc2ccccc2Cl)c2c1C(=O)NC2)c1ccc(NCCN2CCCC2)cc1. The molecule has 0 spiro atoms. The van der Waals surface area contributed by atoms with Gasteiger partial charge < -0.3 is 20.9 Å². The van der Waals surface area contributed by atoms with Gasteiger partial charge in [-0.25, -0.2) is 0 Å². The van der Waals surface area contributed by atoms with Gasteiger partial charge in [0.15, 0.2) is 0 Å². The van der Waals surface area contributed by atoms with Crippen LogP contribution in [-0.2, 0) is 13.0 Å². The second-order valence-electron chi connectivity index (χ2n) is 9.08. The summed E-state index contributed by atoms with van der Waals surface area (Å²) in [6, 6.07) is 18.9. The Morgan fingerprint density at radius 1 is 0.971 bits per heavy atom. The van der Waals surface area contributed by atoms with Crippen LogP contribution in [-0.4, -0.2) is 42.9 Å². The maximum absolute atomic E-state index is 13.0. The van der Waals surface area contributed by atoms with Crippen LogP contribution >= 0.6 is 11.6 Å². The Labute approximate surface area is 210 Å². The molecule has 1 saturated heterocycles. The maximum Gasteiger partial charge on any atom is 0.255 e. The fraction of sp³-hybridized carbons (Fsp3) is 0.286. The molecule has 3 N–H and O–H groups in total. The summed E-state index contributed by atoms with van der Waals surface area (Å²) in [6.45, 7) is 4.72. The van der Waals surface area contributed by atoms with Crippen molar-refractivity contribution < 1.29 is 9.59 Å². The molecule has 6 nitrogen and oxygen atoms in total. The Hall–Kier alpha value is -3.35. The molecule has 3 aromatic rings. The zero-order valence-corrected chi connectivity index (χ0v) is 20.3. The number of carbonyl (C=O) groups is 2. The third-order valence-electron chi connectivity index (χ3n) is 6.75. The number of benzene rings is 3. The molecular weight excluding hydrogens is 460 g/mol. The first kappa shape index (κ1) is 23.4. The summed E-state index contributed by atoms with van der Waals surface area (Å²) in [5, 5.41) is 9.95. The van der Waals surface area contributed by atoms with Crippen LogP contribution in [0.3, 0.4) is 0 Å². The van der Waals surface area contributed by atoms with E-state index >= 15 is 0 Å². The lowest BCUT2D eigenvalue weighted by Crippen LogP contribution is -2.25. The Morgan fingerprint density at radius 3 is 2.51 bits per heavy atom. The van der Waals surface area contributed by atoms with E-state index < -0.39 is 0 Å². The van der Waals surface area contributed by atoms with E-state index in [2.05, 4.69) is 20.9 Å². The van der Waals surface area contributed by atoms with E-state index in [1.165, 1.54) is 25.9 Å². The number of carbonyl (C=O) groups excluding carboxylic acids is 2. The summed E-state index contributed by atoms with van der Waals surface area (Å²) in [7, 11) is 0. The minimum Gasteiger partial charge on any atom is -0.384 e. The average molecular weight is 489 g/mol. The second kappa shape index (κ2) is 10.5. The third kappa shape index (κ3) is 5.34. The van der Waals surface area contributed by atoms with Crippen molar-refractivity contribution in [3.05, 3.63) is 93.5 Å². The highest BCUT2D eigenvalue weighted by molar-refractivity contribution is 6.31. The van der Waals surface area contributed by atoms with Gasteiger partial charge >= 0.3 is 0 Å². The van der Waals surface area contributed by atoms with Crippen LogP contribution in [0, 0.1) is 0 Å². The van der Waals surface area contributed by atoms with Crippen molar-refractivity contribution in [2.24, 2.45) is 0 Å². The van der Waals surface area contributed by atoms with E-state index in [1.54, 1.807) is 12.1 Å². The molecule has 0 aliphatic carbocycles. The van der Waals surface area contributed by atoms with E-state index in [0.29, 0.717) is 34.8 Å². The van der Waals surface area contributed by atoms with E-state index in [-0.39, 0.29) is 11.8 Å². The topological polar surface area (TPSA) is 73.5 Å². The molecule has 7 heteroatoms. The lowest BCUT2D eigenvalue weighted by Gasteiger charge is -2.15. The number of amides is 2. The van der Waals surface area contributed by atoms with E-state index in [1.807, 2.05) is 48.5 Å². The van der Waals surface area contributed by atoms with Crippen molar-refractivity contribution in [1.82, 2.24) is 10.2 Å². The molecule has 1 fully saturated rings. The first-order valence-corrected chi connectivity index (χ1v) is 12.5. The van der Waals surface area contributed by atoms with Crippen molar-refractivity contribution in [3.8, 4) is 0 Å². The number of rotatable bonds is 8. The van der Waals surface area contributed by atoms with Gasteiger partial charge in [0.05, 0.1) is 11.3 Å². The van der Waals surface area contributed by atoms with Crippen LogP contribution in [0.2, 0.25) is 5.02 Å². The van der Waals surface area contributed by atoms with Crippen LogP contribution in [0.1, 0.15) is 50.2 Å². The van der Waals surface area contributed by atoms with Gasteiger partial charge in [0.1, 0.15) is 0 Å². The first-order chi connectivity index (χ1) is 17.1. The summed E-state index contributed by atoms with van der Waals surface area (Å²) in [5.41, 5.74) is 5.52. The van der Waals surface area contributed by atoms with Crippen molar-refractivity contribution in [2.75, 3.05) is 36.8 Å². The highest BCUT2D eigenvalue weighted by atomic mass is 35.5. The van der Waals surface area contributed by atoms with E-state index in [0.717, 1.165) is 35.5 Å². The first-order valence-electron chi connectivity index (χ1n) is 12.1.